The van der Waals surface area contributed by atoms with Gasteiger partial charge in [0.05, 0.1) is 4.90 Å². The molecule has 124 valence electrons. The smallest absolute Gasteiger partial charge is 0.263 e. The molecule has 1 aromatic carbocycles. The number of aryl methyl sites for hydroxylation is 1. The fourth-order valence-corrected chi connectivity index (χ4v) is 3.53. The van der Waals surface area contributed by atoms with Crippen LogP contribution < -0.4 is 10.0 Å². The van der Waals surface area contributed by atoms with E-state index in [1.807, 2.05) is 6.92 Å². The summed E-state index contributed by atoms with van der Waals surface area (Å²) in [6.45, 7) is 5.48. The quantitative estimate of drug-likeness (QED) is 0.830. The molecular formula is C14H18N4O3S2. The Bertz CT molecular complexity index is 783. The number of nitrogens with one attached hydrogen (secondary N) is 2. The molecular weight excluding hydrogens is 336 g/mol. The number of hydrogen-bond acceptors (Lipinski definition) is 6. The van der Waals surface area contributed by atoms with Crippen LogP contribution in [0.15, 0.2) is 29.2 Å². The molecule has 0 bridgehead atoms. The molecule has 0 saturated heterocycles. The molecule has 0 radical (unpaired) electrons. The van der Waals surface area contributed by atoms with E-state index in [-0.39, 0.29) is 21.9 Å². The van der Waals surface area contributed by atoms with Crippen molar-refractivity contribution in [2.24, 2.45) is 5.92 Å². The van der Waals surface area contributed by atoms with Crippen LogP contribution in [0.2, 0.25) is 0 Å². The zero-order valence-corrected chi connectivity index (χ0v) is 14.7. The highest BCUT2D eigenvalue weighted by Gasteiger charge is 2.17. The topological polar surface area (TPSA) is 101 Å². The van der Waals surface area contributed by atoms with E-state index in [0.717, 1.165) is 5.01 Å². The minimum atomic E-state index is -3.72. The Morgan fingerprint density at radius 3 is 2.39 bits per heavy atom. The first-order chi connectivity index (χ1) is 10.8. The Morgan fingerprint density at radius 2 is 1.87 bits per heavy atom. The van der Waals surface area contributed by atoms with Gasteiger partial charge >= 0.3 is 0 Å². The number of carbonyl (C=O) groups excluding carboxylic acids is 1. The standard InChI is InChI=1S/C14H18N4O3S2/c1-4-12-16-17-14(22-12)18-23(20,21)11-7-5-10(6-8-11)15-13(19)9(2)3/h5-9H,4H2,1-3H3,(H,15,19)(H,17,18). The molecule has 0 spiro atoms. The van der Waals surface area contributed by atoms with Crippen LogP contribution in [0.5, 0.6) is 0 Å². The van der Waals surface area contributed by atoms with Gasteiger partial charge in [-0.2, -0.15) is 0 Å². The molecule has 0 aliphatic rings. The second kappa shape index (κ2) is 7.05. The lowest BCUT2D eigenvalue weighted by Crippen LogP contribution is -2.18. The Morgan fingerprint density at radius 1 is 1.22 bits per heavy atom. The molecule has 1 heterocycles. The van der Waals surface area contributed by atoms with Crippen molar-refractivity contribution in [2.45, 2.75) is 32.1 Å². The Balaban J connectivity index is 2.12. The van der Waals surface area contributed by atoms with E-state index in [9.17, 15) is 13.2 Å². The number of rotatable bonds is 6. The molecule has 0 aliphatic heterocycles. The van der Waals surface area contributed by atoms with Crippen LogP contribution in [-0.4, -0.2) is 24.5 Å². The van der Waals surface area contributed by atoms with E-state index in [0.29, 0.717) is 12.1 Å². The molecule has 2 aromatic rings. The highest BCUT2D eigenvalue weighted by Crippen LogP contribution is 2.21. The van der Waals surface area contributed by atoms with E-state index in [2.05, 4.69) is 20.2 Å². The third-order valence-electron chi connectivity index (χ3n) is 2.95. The van der Waals surface area contributed by atoms with Crippen LogP contribution >= 0.6 is 11.3 Å². The molecule has 0 atom stereocenters. The fourth-order valence-electron chi connectivity index (χ4n) is 1.62. The van der Waals surface area contributed by atoms with Gasteiger partial charge < -0.3 is 5.32 Å². The third kappa shape index (κ3) is 4.49. The molecule has 0 aliphatic carbocycles. The first kappa shape index (κ1) is 17.4. The minimum Gasteiger partial charge on any atom is -0.326 e. The molecule has 2 rings (SSSR count). The van der Waals surface area contributed by atoms with Gasteiger partial charge in [-0.25, -0.2) is 8.42 Å². The monoisotopic (exact) mass is 354 g/mol. The maximum absolute atomic E-state index is 12.3. The molecule has 9 heteroatoms. The summed E-state index contributed by atoms with van der Waals surface area (Å²) < 4.78 is 27.0. The third-order valence-corrected chi connectivity index (χ3v) is 5.41. The first-order valence-electron chi connectivity index (χ1n) is 7.08. The van der Waals surface area contributed by atoms with Gasteiger partial charge in [-0.05, 0) is 30.7 Å². The number of nitrogens with zero attached hydrogens (tertiary/aromatic N) is 2. The number of carbonyl (C=O) groups is 1. The highest BCUT2D eigenvalue weighted by molar-refractivity contribution is 7.93. The lowest BCUT2D eigenvalue weighted by Gasteiger charge is -2.09. The van der Waals surface area contributed by atoms with Crippen LogP contribution in [0.4, 0.5) is 10.8 Å². The van der Waals surface area contributed by atoms with Crippen LogP contribution in [0.3, 0.4) is 0 Å². The van der Waals surface area contributed by atoms with Gasteiger partial charge in [0.25, 0.3) is 10.0 Å². The Labute approximate surface area is 139 Å². The lowest BCUT2D eigenvalue weighted by molar-refractivity contribution is -0.118. The summed E-state index contributed by atoms with van der Waals surface area (Å²) in [7, 11) is -3.72. The number of sulfonamides is 1. The van der Waals surface area contributed by atoms with Crippen molar-refractivity contribution in [3.8, 4) is 0 Å². The number of anilines is 2. The number of amides is 1. The average molecular weight is 354 g/mol. The van der Waals surface area contributed by atoms with Gasteiger partial charge in [0, 0.05) is 11.6 Å². The van der Waals surface area contributed by atoms with Crippen molar-refractivity contribution in [3.63, 3.8) is 0 Å². The lowest BCUT2D eigenvalue weighted by atomic mass is 10.2. The molecule has 2 N–H and O–H groups in total. The van der Waals surface area contributed by atoms with E-state index in [1.165, 1.54) is 23.5 Å². The fraction of sp³-hybridized carbons (Fsp3) is 0.357. The maximum Gasteiger partial charge on any atom is 0.263 e. The Kier molecular flexibility index (Phi) is 5.32. The normalized spacial score (nSPS) is 11.5. The zero-order chi connectivity index (χ0) is 17.0. The predicted octanol–water partition coefficient (Wildman–Crippen LogP) is 2.50. The van der Waals surface area contributed by atoms with Crippen molar-refractivity contribution >= 4 is 38.1 Å². The summed E-state index contributed by atoms with van der Waals surface area (Å²) in [5.41, 5.74) is 0.548. The van der Waals surface area contributed by atoms with Gasteiger partial charge in [0.2, 0.25) is 11.0 Å². The van der Waals surface area contributed by atoms with Gasteiger partial charge in [-0.3, -0.25) is 9.52 Å². The SMILES string of the molecule is CCc1nnc(NS(=O)(=O)c2ccc(NC(=O)C(C)C)cc2)s1. The summed E-state index contributed by atoms with van der Waals surface area (Å²) >= 11 is 1.20. The molecule has 0 saturated carbocycles. The number of benzene rings is 1. The van der Waals surface area contributed by atoms with Crippen molar-refractivity contribution in [1.82, 2.24) is 10.2 Å². The van der Waals surface area contributed by atoms with Crippen molar-refractivity contribution in [3.05, 3.63) is 29.3 Å². The maximum atomic E-state index is 12.3. The molecule has 23 heavy (non-hydrogen) atoms. The van der Waals surface area contributed by atoms with Gasteiger partial charge in [0.1, 0.15) is 5.01 Å². The van der Waals surface area contributed by atoms with Crippen LogP contribution in [0.1, 0.15) is 25.8 Å². The molecule has 1 aromatic heterocycles. The summed E-state index contributed by atoms with van der Waals surface area (Å²) in [4.78, 5) is 11.7. The molecule has 7 nitrogen and oxygen atoms in total. The second-order valence-corrected chi connectivity index (χ2v) is 7.87. The van der Waals surface area contributed by atoms with E-state index in [4.69, 9.17) is 0 Å². The summed E-state index contributed by atoms with van der Waals surface area (Å²) in [5.74, 6) is -0.273. The van der Waals surface area contributed by atoms with Crippen molar-refractivity contribution in [2.75, 3.05) is 10.0 Å². The summed E-state index contributed by atoms with van der Waals surface area (Å²) in [6.07, 6.45) is 0.698. The summed E-state index contributed by atoms with van der Waals surface area (Å²) in [5, 5.41) is 11.4. The highest BCUT2D eigenvalue weighted by atomic mass is 32.2. The number of hydrogen-bond donors (Lipinski definition) is 2. The van der Waals surface area contributed by atoms with Crippen LogP contribution in [-0.2, 0) is 21.2 Å². The largest absolute Gasteiger partial charge is 0.326 e. The van der Waals surface area contributed by atoms with Crippen LogP contribution in [0, 0.1) is 5.92 Å². The van der Waals surface area contributed by atoms with E-state index < -0.39 is 10.0 Å². The molecule has 1 amide bonds. The first-order valence-corrected chi connectivity index (χ1v) is 9.38. The van der Waals surface area contributed by atoms with Crippen molar-refractivity contribution in [1.29, 1.82) is 0 Å². The Hall–Kier alpha value is -2.00. The predicted molar refractivity (Wildman–Crippen MR) is 90.0 cm³/mol. The summed E-state index contributed by atoms with van der Waals surface area (Å²) in [6, 6.07) is 5.96. The second-order valence-electron chi connectivity index (χ2n) is 5.13. The van der Waals surface area contributed by atoms with E-state index in [1.54, 1.807) is 26.0 Å². The molecule has 0 fully saturated rings. The van der Waals surface area contributed by atoms with Crippen molar-refractivity contribution < 1.29 is 13.2 Å². The molecule has 0 unspecified atom stereocenters. The zero-order valence-electron chi connectivity index (χ0n) is 13.0. The van der Waals surface area contributed by atoms with E-state index >= 15 is 0 Å². The van der Waals surface area contributed by atoms with Gasteiger partial charge in [-0.1, -0.05) is 32.1 Å². The van der Waals surface area contributed by atoms with Gasteiger partial charge in [-0.15, -0.1) is 10.2 Å². The average Bonchev–Trinajstić information content (AvgIpc) is 2.94. The van der Waals surface area contributed by atoms with Gasteiger partial charge in [0.15, 0.2) is 0 Å². The minimum absolute atomic E-state index is 0.0910. The number of aromatic nitrogens is 2. The van der Waals surface area contributed by atoms with Crippen LogP contribution in [0.25, 0.3) is 0 Å².